The topological polar surface area (TPSA) is 58.4 Å². The second-order valence-corrected chi connectivity index (χ2v) is 5.53. The van der Waals surface area contributed by atoms with E-state index in [-0.39, 0.29) is 0 Å². The monoisotopic (exact) mass is 311 g/mol. The van der Waals surface area contributed by atoms with Crippen LogP contribution in [0.25, 0.3) is 0 Å². The zero-order valence-corrected chi connectivity index (χ0v) is 13.4. The van der Waals surface area contributed by atoms with Gasteiger partial charge in [0.25, 0.3) is 0 Å². The minimum Gasteiger partial charge on any atom is -0.352 e. The van der Waals surface area contributed by atoms with E-state index in [1.165, 1.54) is 11.4 Å². The number of amides is 2. The second-order valence-electron chi connectivity index (χ2n) is 5.53. The molecule has 0 fully saturated rings. The lowest BCUT2D eigenvalue weighted by Crippen LogP contribution is -2.29. The molecule has 2 rings (SSSR count). The summed E-state index contributed by atoms with van der Waals surface area (Å²) in [6.45, 7) is 1.65. The lowest BCUT2D eigenvalue weighted by atomic mass is 10.1. The van der Waals surface area contributed by atoms with Gasteiger partial charge in [-0.2, -0.15) is 0 Å². The van der Waals surface area contributed by atoms with Gasteiger partial charge >= 0.3 is 6.03 Å². The molecule has 0 atom stereocenters. The highest BCUT2D eigenvalue weighted by Crippen LogP contribution is 2.25. The molecule has 3 N–H and O–H groups in total. The Kier molecular flexibility index (Phi) is 6.98. The molecule has 0 aromatic heterocycles. The van der Waals surface area contributed by atoms with E-state index >= 15 is 0 Å². The van der Waals surface area contributed by atoms with Crippen molar-refractivity contribution in [3.8, 4) is 0 Å². The van der Waals surface area contributed by atoms with E-state index in [9.17, 15) is 4.79 Å². The van der Waals surface area contributed by atoms with Crippen molar-refractivity contribution in [2.75, 3.05) is 18.0 Å². The number of urea groups is 1. The van der Waals surface area contributed by atoms with Gasteiger partial charge < -0.3 is 16.0 Å². The van der Waals surface area contributed by atoms with Crippen molar-refractivity contribution in [3.63, 3.8) is 0 Å². The molecular formula is C19H25N3O. The summed E-state index contributed by atoms with van der Waals surface area (Å²) in [5.74, 6) is 0. The van der Waals surface area contributed by atoms with Gasteiger partial charge in [-0.3, -0.25) is 0 Å². The Morgan fingerprint density at radius 3 is 1.87 bits per heavy atom. The van der Waals surface area contributed by atoms with E-state index in [0.717, 1.165) is 32.2 Å². The van der Waals surface area contributed by atoms with E-state index in [0.29, 0.717) is 6.54 Å². The quantitative estimate of drug-likeness (QED) is 0.686. The number of rotatable bonds is 9. The highest BCUT2D eigenvalue weighted by molar-refractivity contribution is 5.71. The normalized spacial score (nSPS) is 10.3. The summed E-state index contributed by atoms with van der Waals surface area (Å²) in [5.41, 5.74) is 7.48. The summed E-state index contributed by atoms with van der Waals surface area (Å²) in [7, 11) is 0. The lowest BCUT2D eigenvalue weighted by molar-refractivity contribution is 0.248. The molecule has 0 heterocycles. The largest absolute Gasteiger partial charge is 0.352 e. The average Bonchev–Trinajstić information content (AvgIpc) is 2.59. The summed E-state index contributed by atoms with van der Waals surface area (Å²) in [4.78, 5) is 12.9. The Balaban J connectivity index is 1.83. The van der Waals surface area contributed by atoms with Crippen LogP contribution in [0, 0.1) is 0 Å². The molecule has 0 radical (unpaired) electrons. The SMILES string of the molecule is NC(=O)NCCCCCCN(c1ccccc1)c1ccccc1. The van der Waals surface area contributed by atoms with Crippen LogP contribution in [0.1, 0.15) is 25.7 Å². The number of anilines is 2. The van der Waals surface area contributed by atoms with Gasteiger partial charge in [-0.1, -0.05) is 49.2 Å². The third-order valence-corrected chi connectivity index (χ3v) is 3.74. The molecule has 0 spiro atoms. The third-order valence-electron chi connectivity index (χ3n) is 3.74. The Labute approximate surface area is 138 Å². The van der Waals surface area contributed by atoms with Crippen molar-refractivity contribution in [1.82, 2.24) is 5.32 Å². The molecule has 23 heavy (non-hydrogen) atoms. The minimum absolute atomic E-state index is 0.440. The fraction of sp³-hybridized carbons (Fsp3) is 0.316. The van der Waals surface area contributed by atoms with Crippen LogP contribution < -0.4 is 16.0 Å². The second kappa shape index (κ2) is 9.51. The van der Waals surface area contributed by atoms with Crippen molar-refractivity contribution >= 4 is 17.4 Å². The fourth-order valence-electron chi connectivity index (χ4n) is 2.58. The zero-order valence-electron chi connectivity index (χ0n) is 13.4. The van der Waals surface area contributed by atoms with Crippen molar-refractivity contribution < 1.29 is 4.79 Å². The molecular weight excluding hydrogens is 286 g/mol. The van der Waals surface area contributed by atoms with Crippen LogP contribution in [0.2, 0.25) is 0 Å². The first-order valence-electron chi connectivity index (χ1n) is 8.18. The predicted octanol–water partition coefficient (Wildman–Crippen LogP) is 4.05. The van der Waals surface area contributed by atoms with Gasteiger partial charge in [0, 0.05) is 24.5 Å². The molecule has 0 saturated carbocycles. The molecule has 4 heteroatoms. The smallest absolute Gasteiger partial charge is 0.312 e. The highest BCUT2D eigenvalue weighted by atomic mass is 16.2. The van der Waals surface area contributed by atoms with Gasteiger partial charge in [-0.05, 0) is 37.1 Å². The average molecular weight is 311 g/mol. The Morgan fingerprint density at radius 1 is 0.826 bits per heavy atom. The van der Waals surface area contributed by atoms with Crippen LogP contribution in [0.5, 0.6) is 0 Å². The maximum atomic E-state index is 10.6. The number of benzene rings is 2. The van der Waals surface area contributed by atoms with E-state index < -0.39 is 6.03 Å². The van der Waals surface area contributed by atoms with Crippen molar-refractivity contribution in [1.29, 1.82) is 0 Å². The standard InChI is InChI=1S/C19H25N3O/c20-19(23)21-15-9-1-2-10-16-22(17-11-5-3-6-12-17)18-13-7-4-8-14-18/h3-8,11-14H,1-2,9-10,15-16H2,(H3,20,21,23). The molecule has 122 valence electrons. The van der Waals surface area contributed by atoms with Crippen LogP contribution in [0.3, 0.4) is 0 Å². The van der Waals surface area contributed by atoms with Gasteiger partial charge in [-0.25, -0.2) is 4.79 Å². The Hall–Kier alpha value is -2.49. The number of nitrogens with one attached hydrogen (secondary N) is 1. The molecule has 0 aliphatic rings. The molecule has 0 bridgehead atoms. The number of hydrogen-bond donors (Lipinski definition) is 2. The number of para-hydroxylation sites is 2. The van der Waals surface area contributed by atoms with Crippen LogP contribution in [0.15, 0.2) is 60.7 Å². The first-order chi connectivity index (χ1) is 11.3. The number of hydrogen-bond acceptors (Lipinski definition) is 2. The van der Waals surface area contributed by atoms with Crippen molar-refractivity contribution in [3.05, 3.63) is 60.7 Å². The van der Waals surface area contributed by atoms with E-state index in [1.807, 2.05) is 12.1 Å². The van der Waals surface area contributed by atoms with E-state index in [4.69, 9.17) is 5.73 Å². The van der Waals surface area contributed by atoms with Crippen LogP contribution in [-0.2, 0) is 0 Å². The third kappa shape index (κ3) is 6.02. The minimum atomic E-state index is -0.440. The molecule has 4 nitrogen and oxygen atoms in total. The Bertz CT molecular complexity index is 532. The number of nitrogens with two attached hydrogens (primary N) is 1. The summed E-state index contributed by atoms with van der Waals surface area (Å²) in [6, 6.07) is 20.5. The van der Waals surface area contributed by atoms with Crippen molar-refractivity contribution in [2.24, 2.45) is 5.73 Å². The molecule has 2 aromatic carbocycles. The number of unbranched alkanes of at least 4 members (excludes halogenated alkanes) is 3. The highest BCUT2D eigenvalue weighted by Gasteiger charge is 2.07. The molecule has 2 amide bonds. The summed E-state index contributed by atoms with van der Waals surface area (Å²) in [5, 5.41) is 2.63. The molecule has 0 saturated heterocycles. The van der Waals surface area contributed by atoms with Gasteiger partial charge in [0.15, 0.2) is 0 Å². The van der Waals surface area contributed by atoms with Gasteiger partial charge in [-0.15, -0.1) is 0 Å². The van der Waals surface area contributed by atoms with Crippen molar-refractivity contribution in [2.45, 2.75) is 25.7 Å². The van der Waals surface area contributed by atoms with Gasteiger partial charge in [0.2, 0.25) is 0 Å². The number of primary amides is 1. The molecule has 0 aliphatic carbocycles. The zero-order chi connectivity index (χ0) is 16.3. The van der Waals surface area contributed by atoms with Crippen LogP contribution in [-0.4, -0.2) is 19.1 Å². The number of carbonyl (C=O) groups excluding carboxylic acids is 1. The van der Waals surface area contributed by atoms with Gasteiger partial charge in [0.1, 0.15) is 0 Å². The molecule has 0 aliphatic heterocycles. The maximum Gasteiger partial charge on any atom is 0.312 e. The van der Waals surface area contributed by atoms with Gasteiger partial charge in [0.05, 0.1) is 0 Å². The van der Waals surface area contributed by atoms with Crippen LogP contribution in [0.4, 0.5) is 16.2 Å². The van der Waals surface area contributed by atoms with Crippen LogP contribution >= 0.6 is 0 Å². The summed E-state index contributed by atoms with van der Waals surface area (Å²) >= 11 is 0. The first-order valence-corrected chi connectivity index (χ1v) is 8.18. The summed E-state index contributed by atoms with van der Waals surface area (Å²) < 4.78 is 0. The first kappa shape index (κ1) is 16.9. The van der Waals surface area contributed by atoms with E-state index in [2.05, 4.69) is 58.7 Å². The number of carbonyl (C=O) groups is 1. The summed E-state index contributed by atoms with van der Waals surface area (Å²) in [6.07, 6.45) is 4.31. The fourth-order valence-corrected chi connectivity index (χ4v) is 2.58. The van der Waals surface area contributed by atoms with E-state index in [1.54, 1.807) is 0 Å². The maximum absolute atomic E-state index is 10.6. The number of nitrogens with zero attached hydrogens (tertiary/aromatic N) is 1. The molecule has 2 aromatic rings. The lowest BCUT2D eigenvalue weighted by Gasteiger charge is -2.25. The molecule has 0 unspecified atom stereocenters. The predicted molar refractivity (Wildman–Crippen MR) is 95.9 cm³/mol. The Morgan fingerprint density at radius 2 is 1.35 bits per heavy atom.